The van der Waals surface area contributed by atoms with E-state index in [0.29, 0.717) is 25.9 Å². The Labute approximate surface area is 178 Å². The fourth-order valence-electron chi connectivity index (χ4n) is 4.02. The summed E-state index contributed by atoms with van der Waals surface area (Å²) in [5.74, 6) is -0.566. The Balaban J connectivity index is 1.65. The molecule has 1 aromatic rings. The maximum absolute atomic E-state index is 13.3. The van der Waals surface area contributed by atoms with Crippen LogP contribution < -0.4 is 0 Å². The van der Waals surface area contributed by atoms with Crippen molar-refractivity contribution in [2.75, 3.05) is 13.1 Å². The minimum atomic E-state index is -0.625. The van der Waals surface area contributed by atoms with Gasteiger partial charge in [-0.15, -0.1) is 0 Å². The molecule has 2 aliphatic heterocycles. The third-order valence-electron chi connectivity index (χ3n) is 5.45. The minimum absolute atomic E-state index is 0.181. The summed E-state index contributed by atoms with van der Waals surface area (Å²) < 4.78 is 11.0. The molecule has 0 saturated carbocycles. The summed E-state index contributed by atoms with van der Waals surface area (Å²) in [4.78, 5) is 41.8. The number of likely N-dealkylation sites (tertiary alicyclic amines) is 2. The number of hydrogen-bond acceptors (Lipinski definition) is 5. The molecule has 2 aliphatic rings. The molecule has 2 heterocycles. The van der Waals surface area contributed by atoms with Crippen molar-refractivity contribution in [1.82, 2.24) is 9.80 Å². The summed E-state index contributed by atoms with van der Waals surface area (Å²) in [7, 11) is 0. The molecule has 0 aliphatic carbocycles. The first-order chi connectivity index (χ1) is 14.3. The van der Waals surface area contributed by atoms with Crippen molar-refractivity contribution in [3.05, 3.63) is 35.9 Å². The van der Waals surface area contributed by atoms with Gasteiger partial charge in [0.05, 0.1) is 0 Å². The van der Waals surface area contributed by atoms with E-state index < -0.39 is 23.8 Å². The number of carbonyl (C=O) groups is 3. The van der Waals surface area contributed by atoms with E-state index in [2.05, 4.69) is 0 Å². The Kier molecular flexibility index (Phi) is 7.00. The van der Waals surface area contributed by atoms with Gasteiger partial charge < -0.3 is 14.4 Å². The van der Waals surface area contributed by atoms with Crippen molar-refractivity contribution >= 4 is 18.0 Å². The molecule has 3 rings (SSSR count). The zero-order valence-electron chi connectivity index (χ0n) is 18.1. The van der Waals surface area contributed by atoms with Gasteiger partial charge in [-0.3, -0.25) is 9.69 Å². The van der Waals surface area contributed by atoms with Gasteiger partial charge in [0.1, 0.15) is 24.3 Å². The molecule has 0 spiro atoms. The molecular weight excluding hydrogens is 384 g/mol. The molecule has 164 valence electrons. The van der Waals surface area contributed by atoms with Gasteiger partial charge in [-0.1, -0.05) is 30.3 Å². The molecule has 1 aromatic carbocycles. The van der Waals surface area contributed by atoms with Crippen molar-refractivity contribution in [1.29, 1.82) is 0 Å². The number of ether oxygens (including phenoxy) is 2. The van der Waals surface area contributed by atoms with Gasteiger partial charge in [0, 0.05) is 13.1 Å². The quantitative estimate of drug-likeness (QED) is 0.702. The lowest BCUT2D eigenvalue weighted by Crippen LogP contribution is -2.55. The lowest BCUT2D eigenvalue weighted by molar-refractivity contribution is -0.156. The third kappa shape index (κ3) is 5.52. The monoisotopic (exact) mass is 416 g/mol. The fourth-order valence-corrected chi connectivity index (χ4v) is 4.02. The summed E-state index contributed by atoms with van der Waals surface area (Å²) >= 11 is 0. The van der Waals surface area contributed by atoms with Crippen LogP contribution in [-0.2, 0) is 25.7 Å². The van der Waals surface area contributed by atoms with Crippen molar-refractivity contribution in [2.45, 2.75) is 77.2 Å². The summed E-state index contributed by atoms with van der Waals surface area (Å²) in [6.45, 7) is 6.61. The van der Waals surface area contributed by atoms with E-state index in [-0.39, 0.29) is 18.5 Å². The summed E-state index contributed by atoms with van der Waals surface area (Å²) in [6, 6.07) is 8.30. The topological polar surface area (TPSA) is 76.2 Å². The predicted octanol–water partition coefficient (Wildman–Crippen LogP) is 3.51. The SMILES string of the molecule is CC(C)(C)OC(=O)N1CCCC[C@@H]1C(=O)N1CCC[C@H]1C(=O)OCc1ccccc1. The molecule has 0 unspecified atom stereocenters. The van der Waals surface area contributed by atoms with Crippen LogP contribution in [0.4, 0.5) is 4.79 Å². The molecule has 2 saturated heterocycles. The Morgan fingerprint density at radius 2 is 1.60 bits per heavy atom. The van der Waals surface area contributed by atoms with Crippen LogP contribution >= 0.6 is 0 Å². The molecule has 2 atom stereocenters. The highest BCUT2D eigenvalue weighted by molar-refractivity contribution is 5.90. The van der Waals surface area contributed by atoms with Crippen LogP contribution in [0, 0.1) is 0 Å². The summed E-state index contributed by atoms with van der Waals surface area (Å²) in [6.07, 6.45) is 3.15. The van der Waals surface area contributed by atoms with Crippen molar-refractivity contribution < 1.29 is 23.9 Å². The molecule has 7 heteroatoms. The van der Waals surface area contributed by atoms with Crippen LogP contribution in [0.2, 0.25) is 0 Å². The smallest absolute Gasteiger partial charge is 0.410 e. The van der Waals surface area contributed by atoms with E-state index >= 15 is 0 Å². The average molecular weight is 417 g/mol. The molecule has 0 aromatic heterocycles. The minimum Gasteiger partial charge on any atom is -0.459 e. The number of nitrogens with zero attached hydrogens (tertiary/aromatic N) is 2. The number of rotatable bonds is 4. The van der Waals surface area contributed by atoms with Gasteiger partial charge in [0.2, 0.25) is 5.91 Å². The van der Waals surface area contributed by atoms with Gasteiger partial charge in [0.25, 0.3) is 0 Å². The Morgan fingerprint density at radius 3 is 2.30 bits per heavy atom. The second-order valence-electron chi connectivity index (χ2n) is 8.97. The van der Waals surface area contributed by atoms with Crippen LogP contribution in [0.5, 0.6) is 0 Å². The van der Waals surface area contributed by atoms with Crippen LogP contribution in [0.25, 0.3) is 0 Å². The Morgan fingerprint density at radius 1 is 0.933 bits per heavy atom. The molecule has 30 heavy (non-hydrogen) atoms. The van der Waals surface area contributed by atoms with E-state index in [9.17, 15) is 14.4 Å². The van der Waals surface area contributed by atoms with E-state index in [1.165, 1.54) is 4.90 Å². The molecule has 2 amide bonds. The highest BCUT2D eigenvalue weighted by Gasteiger charge is 2.42. The second kappa shape index (κ2) is 9.49. The maximum Gasteiger partial charge on any atom is 0.410 e. The number of hydrogen-bond donors (Lipinski definition) is 0. The Hall–Kier alpha value is -2.57. The lowest BCUT2D eigenvalue weighted by Gasteiger charge is -2.38. The van der Waals surface area contributed by atoms with Crippen LogP contribution in [0.1, 0.15) is 58.4 Å². The summed E-state index contributed by atoms with van der Waals surface area (Å²) in [5, 5.41) is 0. The molecule has 7 nitrogen and oxygen atoms in total. The van der Waals surface area contributed by atoms with E-state index in [1.54, 1.807) is 4.90 Å². The van der Waals surface area contributed by atoms with Crippen LogP contribution in [0.15, 0.2) is 30.3 Å². The van der Waals surface area contributed by atoms with Crippen molar-refractivity contribution in [2.24, 2.45) is 0 Å². The predicted molar refractivity (Wildman–Crippen MR) is 112 cm³/mol. The zero-order valence-corrected chi connectivity index (χ0v) is 18.1. The largest absolute Gasteiger partial charge is 0.459 e. The number of esters is 1. The van der Waals surface area contributed by atoms with E-state index in [1.807, 2.05) is 51.1 Å². The maximum atomic E-state index is 13.3. The first-order valence-electron chi connectivity index (χ1n) is 10.8. The van der Waals surface area contributed by atoms with Gasteiger partial charge in [-0.05, 0) is 58.4 Å². The van der Waals surface area contributed by atoms with Gasteiger partial charge in [-0.25, -0.2) is 9.59 Å². The van der Waals surface area contributed by atoms with Crippen molar-refractivity contribution in [3.63, 3.8) is 0 Å². The molecule has 0 radical (unpaired) electrons. The van der Waals surface area contributed by atoms with Gasteiger partial charge in [0.15, 0.2) is 0 Å². The first kappa shape index (κ1) is 22.1. The number of benzene rings is 1. The molecular formula is C23H32N2O5. The number of carbonyl (C=O) groups excluding carboxylic acids is 3. The zero-order chi connectivity index (χ0) is 21.7. The highest BCUT2D eigenvalue weighted by Crippen LogP contribution is 2.26. The third-order valence-corrected chi connectivity index (χ3v) is 5.45. The summed E-state index contributed by atoms with van der Waals surface area (Å²) in [5.41, 5.74) is 0.282. The van der Waals surface area contributed by atoms with Crippen LogP contribution in [0.3, 0.4) is 0 Å². The van der Waals surface area contributed by atoms with E-state index in [4.69, 9.17) is 9.47 Å². The number of piperidine rings is 1. The van der Waals surface area contributed by atoms with Crippen LogP contribution in [-0.4, -0.2) is 58.5 Å². The molecule has 0 bridgehead atoms. The standard InChI is InChI=1S/C23H32N2O5/c1-23(2,3)30-22(28)25-14-8-7-12-18(25)20(26)24-15-9-13-19(24)21(27)29-16-17-10-5-4-6-11-17/h4-6,10-11,18-19H,7-9,12-16H2,1-3H3/t18-,19+/m1/s1. The van der Waals surface area contributed by atoms with Gasteiger partial charge >= 0.3 is 12.1 Å². The number of amides is 2. The fraction of sp³-hybridized carbons (Fsp3) is 0.609. The molecule has 2 fully saturated rings. The highest BCUT2D eigenvalue weighted by atomic mass is 16.6. The first-order valence-corrected chi connectivity index (χ1v) is 10.8. The Bertz CT molecular complexity index is 759. The lowest BCUT2D eigenvalue weighted by atomic mass is 10.0. The average Bonchev–Trinajstić information content (AvgIpc) is 3.21. The molecule has 0 N–H and O–H groups in total. The second-order valence-corrected chi connectivity index (χ2v) is 8.97. The van der Waals surface area contributed by atoms with Gasteiger partial charge in [-0.2, -0.15) is 0 Å². The van der Waals surface area contributed by atoms with Crippen molar-refractivity contribution in [3.8, 4) is 0 Å². The van der Waals surface area contributed by atoms with E-state index in [0.717, 1.165) is 24.8 Å². The normalized spacial score (nSPS) is 22.0.